The van der Waals surface area contributed by atoms with Gasteiger partial charge in [0.15, 0.2) is 0 Å². The van der Waals surface area contributed by atoms with E-state index in [1.807, 2.05) is 24.6 Å². The quantitative estimate of drug-likeness (QED) is 0.273. The van der Waals surface area contributed by atoms with Crippen LogP contribution in [0.3, 0.4) is 0 Å². The molecule has 0 radical (unpaired) electrons. The van der Waals surface area contributed by atoms with Crippen molar-refractivity contribution in [2.24, 2.45) is 0 Å². The third kappa shape index (κ3) is 3.04. The summed E-state index contributed by atoms with van der Waals surface area (Å²) in [5.41, 5.74) is 5.67. The largest absolute Gasteiger partial charge is 0.464 e. The van der Waals surface area contributed by atoms with Crippen molar-refractivity contribution in [3.63, 3.8) is 0 Å². The molecule has 0 aliphatic rings. The van der Waals surface area contributed by atoms with Crippen LogP contribution in [-0.4, -0.2) is 4.98 Å². The summed E-state index contributed by atoms with van der Waals surface area (Å²) in [5.74, 6) is 0. The topological polar surface area (TPSA) is 26.0 Å². The van der Waals surface area contributed by atoms with Gasteiger partial charge in [-0.25, -0.2) is 0 Å². The fourth-order valence-electron chi connectivity index (χ4n) is 4.54. The summed E-state index contributed by atoms with van der Waals surface area (Å²) >= 11 is 1.79. The molecule has 0 aliphatic carbocycles. The molecule has 2 nitrogen and oxygen atoms in total. The van der Waals surface area contributed by atoms with E-state index < -0.39 is 0 Å². The number of fused-ring (bicyclic) bond motifs is 3. The second-order valence-electron chi connectivity index (χ2n) is 9.33. The molecule has 3 heteroatoms. The van der Waals surface area contributed by atoms with E-state index in [0.29, 0.717) is 0 Å². The number of aromatic nitrogens is 1. The Balaban J connectivity index is 1.59. The normalized spacial score (nSPS) is 12.2. The highest BCUT2D eigenvalue weighted by atomic mass is 32.1. The summed E-state index contributed by atoms with van der Waals surface area (Å²) < 4.78 is 7.02. The predicted molar refractivity (Wildman–Crippen MR) is 136 cm³/mol. The van der Waals surface area contributed by atoms with Crippen LogP contribution in [0.4, 0.5) is 0 Å². The van der Waals surface area contributed by atoms with Gasteiger partial charge in [-0.15, -0.1) is 11.3 Å². The number of thiophene rings is 1. The molecular formula is C29H23NOS. The van der Waals surface area contributed by atoms with Gasteiger partial charge in [-0.1, -0.05) is 63.2 Å². The molecule has 0 unspecified atom stereocenters. The molecule has 3 heterocycles. The van der Waals surface area contributed by atoms with Gasteiger partial charge in [-0.2, -0.15) is 0 Å². The molecule has 0 aliphatic heterocycles. The van der Waals surface area contributed by atoms with Crippen LogP contribution in [0.2, 0.25) is 0 Å². The van der Waals surface area contributed by atoms with Gasteiger partial charge < -0.3 is 4.42 Å². The minimum Gasteiger partial charge on any atom is -0.464 e. The first kappa shape index (κ1) is 19.3. The smallest absolute Gasteiger partial charge is 0.134 e. The molecule has 156 valence electrons. The first-order valence-electron chi connectivity index (χ1n) is 10.9. The number of furan rings is 1. The van der Waals surface area contributed by atoms with E-state index >= 15 is 0 Å². The maximum atomic E-state index is 5.81. The number of rotatable bonds is 2. The Kier molecular flexibility index (Phi) is 4.24. The van der Waals surface area contributed by atoms with Gasteiger partial charge in [0.05, 0.1) is 10.4 Å². The first-order valence-corrected chi connectivity index (χ1v) is 11.7. The number of benzene rings is 3. The minimum absolute atomic E-state index is 0.0415. The molecule has 6 aromatic rings. The van der Waals surface area contributed by atoms with E-state index in [-0.39, 0.29) is 5.41 Å². The zero-order chi connectivity index (χ0) is 21.9. The second-order valence-corrected chi connectivity index (χ2v) is 10.4. The van der Waals surface area contributed by atoms with Crippen LogP contribution in [0, 0.1) is 0 Å². The average Bonchev–Trinajstić information content (AvgIpc) is 3.41. The third-order valence-corrected chi connectivity index (χ3v) is 7.31. The molecular weight excluding hydrogens is 410 g/mol. The molecule has 0 atom stereocenters. The van der Waals surface area contributed by atoms with E-state index in [0.717, 1.165) is 22.2 Å². The lowest BCUT2D eigenvalue weighted by Gasteiger charge is -2.22. The number of nitrogens with zero attached hydrogens (tertiary/aromatic N) is 1. The molecule has 0 fully saturated rings. The van der Waals surface area contributed by atoms with Gasteiger partial charge in [0, 0.05) is 27.6 Å². The van der Waals surface area contributed by atoms with Crippen molar-refractivity contribution in [1.29, 1.82) is 0 Å². The zero-order valence-corrected chi connectivity index (χ0v) is 19.2. The number of para-hydroxylation sites is 1. The van der Waals surface area contributed by atoms with Gasteiger partial charge in [0.2, 0.25) is 0 Å². The predicted octanol–water partition coefficient (Wildman–Crippen LogP) is 8.83. The Morgan fingerprint density at radius 1 is 0.812 bits per heavy atom. The van der Waals surface area contributed by atoms with Gasteiger partial charge >= 0.3 is 0 Å². The SMILES string of the molecule is CC(C)(C)c1cc(-c2nccc3cc(-c4coc5ccccc45)sc23)cc2ccccc12. The van der Waals surface area contributed by atoms with Crippen molar-refractivity contribution < 1.29 is 4.42 Å². The maximum absolute atomic E-state index is 5.81. The van der Waals surface area contributed by atoms with Crippen molar-refractivity contribution in [3.8, 4) is 21.7 Å². The van der Waals surface area contributed by atoms with Crippen LogP contribution in [0.15, 0.2) is 89.7 Å². The lowest BCUT2D eigenvalue weighted by molar-refractivity contribution is 0.596. The van der Waals surface area contributed by atoms with E-state index in [4.69, 9.17) is 9.40 Å². The fraction of sp³-hybridized carbons (Fsp3) is 0.138. The third-order valence-electron chi connectivity index (χ3n) is 6.12. The molecule has 3 aromatic carbocycles. The van der Waals surface area contributed by atoms with Crippen LogP contribution >= 0.6 is 11.3 Å². The molecule has 0 saturated carbocycles. The Bertz CT molecular complexity index is 1610. The Morgan fingerprint density at radius 3 is 2.44 bits per heavy atom. The highest BCUT2D eigenvalue weighted by molar-refractivity contribution is 7.22. The number of hydrogen-bond donors (Lipinski definition) is 0. The van der Waals surface area contributed by atoms with Gasteiger partial charge in [0.1, 0.15) is 11.8 Å². The summed E-state index contributed by atoms with van der Waals surface area (Å²) in [5, 5.41) is 4.93. The first-order chi connectivity index (χ1) is 15.5. The summed E-state index contributed by atoms with van der Waals surface area (Å²) in [6.45, 7) is 6.83. The fourth-order valence-corrected chi connectivity index (χ4v) is 5.73. The Labute approximate surface area is 191 Å². The lowest BCUT2D eigenvalue weighted by atomic mass is 9.82. The number of pyridine rings is 1. The molecule has 0 N–H and O–H groups in total. The molecule has 0 bridgehead atoms. The van der Waals surface area contributed by atoms with E-state index in [9.17, 15) is 0 Å². The van der Waals surface area contributed by atoms with Crippen LogP contribution in [-0.2, 0) is 5.41 Å². The molecule has 32 heavy (non-hydrogen) atoms. The highest BCUT2D eigenvalue weighted by Gasteiger charge is 2.20. The van der Waals surface area contributed by atoms with Crippen LogP contribution in [0.5, 0.6) is 0 Å². The van der Waals surface area contributed by atoms with Gasteiger partial charge in [-0.05, 0) is 57.5 Å². The standard InChI is InChI=1S/C29H23NOS/c1-29(2,3)24-15-20(14-18-8-4-5-9-21(18)24)27-28-19(12-13-30-27)16-26(32-28)23-17-31-25-11-7-6-10-22(23)25/h4-17H,1-3H3. The van der Waals surface area contributed by atoms with Crippen molar-refractivity contribution in [1.82, 2.24) is 4.98 Å². The molecule has 3 aromatic heterocycles. The monoisotopic (exact) mass is 433 g/mol. The maximum Gasteiger partial charge on any atom is 0.134 e. The van der Waals surface area contributed by atoms with Crippen LogP contribution in [0.1, 0.15) is 26.3 Å². The molecule has 0 saturated heterocycles. The van der Waals surface area contributed by atoms with E-state index in [1.165, 1.54) is 36.9 Å². The zero-order valence-electron chi connectivity index (χ0n) is 18.3. The van der Waals surface area contributed by atoms with Crippen LogP contribution in [0.25, 0.3) is 53.5 Å². The summed E-state index contributed by atoms with van der Waals surface area (Å²) in [4.78, 5) is 6.06. The molecule has 0 amide bonds. The summed E-state index contributed by atoms with van der Waals surface area (Å²) in [7, 11) is 0. The van der Waals surface area contributed by atoms with Crippen molar-refractivity contribution >= 4 is 43.2 Å². The van der Waals surface area contributed by atoms with Crippen molar-refractivity contribution in [2.75, 3.05) is 0 Å². The summed E-state index contributed by atoms with van der Waals surface area (Å²) in [6, 6.07) is 25.8. The second kappa shape index (κ2) is 7.04. The minimum atomic E-state index is 0.0415. The lowest BCUT2D eigenvalue weighted by Crippen LogP contribution is -2.12. The average molecular weight is 434 g/mol. The van der Waals surface area contributed by atoms with E-state index in [1.54, 1.807) is 11.3 Å². The van der Waals surface area contributed by atoms with E-state index in [2.05, 4.69) is 81.4 Å². The number of hydrogen-bond acceptors (Lipinski definition) is 3. The van der Waals surface area contributed by atoms with Crippen LogP contribution < -0.4 is 0 Å². The van der Waals surface area contributed by atoms with Gasteiger partial charge in [0.25, 0.3) is 0 Å². The Morgan fingerprint density at radius 2 is 1.59 bits per heavy atom. The summed E-state index contributed by atoms with van der Waals surface area (Å²) in [6.07, 6.45) is 3.80. The van der Waals surface area contributed by atoms with Crippen molar-refractivity contribution in [3.05, 3.63) is 90.8 Å². The van der Waals surface area contributed by atoms with Gasteiger partial charge in [-0.3, -0.25) is 4.98 Å². The van der Waals surface area contributed by atoms with Crippen molar-refractivity contribution in [2.45, 2.75) is 26.2 Å². The molecule has 6 rings (SSSR count). The highest BCUT2D eigenvalue weighted by Crippen LogP contribution is 2.42. The Hall–Kier alpha value is -3.43. The molecule has 0 spiro atoms.